The van der Waals surface area contributed by atoms with Crippen LogP contribution in [0.15, 0.2) is 48.7 Å². The number of benzene rings is 1. The molecule has 1 aliphatic rings. The number of hydrogen-bond donors (Lipinski definition) is 0. The third kappa shape index (κ3) is 5.52. The van der Waals surface area contributed by atoms with Gasteiger partial charge in [0, 0.05) is 18.8 Å². The van der Waals surface area contributed by atoms with Gasteiger partial charge in [-0.05, 0) is 41.1 Å². The molecule has 2 aromatic heterocycles. The van der Waals surface area contributed by atoms with Crippen LogP contribution in [0.2, 0.25) is 0 Å². The molecule has 12 heteroatoms. The molecule has 3 heterocycles. The minimum Gasteiger partial charge on any atom is -0.406 e. The number of nitrogens with zero attached hydrogens (tertiary/aromatic N) is 5. The van der Waals surface area contributed by atoms with Crippen molar-refractivity contribution in [3.05, 3.63) is 54.2 Å². The normalized spacial score (nSPS) is 17.1. The Morgan fingerprint density at radius 3 is 3.00 bits per heavy atom. The monoisotopic (exact) mass is 449 g/mol. The van der Waals surface area contributed by atoms with Gasteiger partial charge in [0.25, 0.3) is 0 Å². The highest BCUT2D eigenvalue weighted by Crippen LogP contribution is 2.23. The summed E-state index contributed by atoms with van der Waals surface area (Å²) < 4.78 is 46.6. The number of carbonyl (C=O) groups is 1. The van der Waals surface area contributed by atoms with E-state index in [-0.39, 0.29) is 24.8 Å². The van der Waals surface area contributed by atoms with Crippen LogP contribution in [0.4, 0.5) is 13.2 Å². The number of halogens is 3. The van der Waals surface area contributed by atoms with Crippen molar-refractivity contribution in [2.75, 3.05) is 26.3 Å². The van der Waals surface area contributed by atoms with Crippen LogP contribution in [-0.2, 0) is 9.53 Å². The van der Waals surface area contributed by atoms with E-state index in [0.29, 0.717) is 29.9 Å². The summed E-state index contributed by atoms with van der Waals surface area (Å²) in [6.07, 6.45) is -0.852. The molecule has 32 heavy (non-hydrogen) atoms. The lowest BCUT2D eigenvalue weighted by Crippen LogP contribution is -2.47. The number of pyridine rings is 1. The van der Waals surface area contributed by atoms with Crippen LogP contribution in [0.1, 0.15) is 5.56 Å². The van der Waals surface area contributed by atoms with E-state index in [9.17, 15) is 18.0 Å². The van der Waals surface area contributed by atoms with Crippen LogP contribution in [-0.4, -0.2) is 69.7 Å². The molecule has 0 N–H and O–H groups in total. The first-order chi connectivity index (χ1) is 15.4. The van der Waals surface area contributed by atoms with Crippen LogP contribution < -0.4 is 9.57 Å². The van der Waals surface area contributed by atoms with Gasteiger partial charge in [0.05, 0.1) is 13.2 Å². The van der Waals surface area contributed by atoms with E-state index in [2.05, 4.69) is 20.0 Å². The van der Waals surface area contributed by atoms with Crippen molar-refractivity contribution in [1.82, 2.24) is 25.0 Å². The summed E-state index contributed by atoms with van der Waals surface area (Å²) in [6, 6.07) is 8.86. The van der Waals surface area contributed by atoms with E-state index in [1.165, 1.54) is 35.2 Å². The number of ether oxygens (including phenoxy) is 2. The van der Waals surface area contributed by atoms with Crippen molar-refractivity contribution < 1.29 is 32.3 Å². The molecule has 0 radical (unpaired) electrons. The molecule has 1 amide bonds. The molecule has 3 aromatic rings. The Hall–Kier alpha value is -3.67. The number of fused-ring (bicyclic) bond motifs is 1. The zero-order valence-electron chi connectivity index (χ0n) is 16.6. The van der Waals surface area contributed by atoms with Gasteiger partial charge in [0.15, 0.2) is 0 Å². The number of morpholine rings is 1. The van der Waals surface area contributed by atoms with Gasteiger partial charge in [-0.15, -0.1) is 18.3 Å². The average Bonchev–Trinajstić information content (AvgIpc) is 3.18. The zero-order chi connectivity index (χ0) is 22.6. The molecule has 1 aliphatic heterocycles. The third-order valence-corrected chi connectivity index (χ3v) is 4.52. The van der Waals surface area contributed by atoms with Crippen molar-refractivity contribution in [2.45, 2.75) is 12.5 Å². The third-order valence-electron chi connectivity index (χ3n) is 4.52. The highest BCUT2D eigenvalue weighted by Gasteiger charge is 2.31. The largest absolute Gasteiger partial charge is 0.573 e. The van der Waals surface area contributed by atoms with Crippen molar-refractivity contribution in [3.8, 4) is 5.75 Å². The Bertz CT molecular complexity index is 1120. The fourth-order valence-corrected chi connectivity index (χ4v) is 3.09. The van der Waals surface area contributed by atoms with Gasteiger partial charge in [-0.1, -0.05) is 17.0 Å². The van der Waals surface area contributed by atoms with E-state index >= 15 is 0 Å². The second-order valence-corrected chi connectivity index (χ2v) is 6.83. The number of carbonyl (C=O) groups excluding carboxylic acids is 1. The predicted octanol–water partition coefficient (Wildman–Crippen LogP) is 2.09. The maximum Gasteiger partial charge on any atom is 0.573 e. The number of alkyl halides is 3. The quantitative estimate of drug-likeness (QED) is 0.532. The van der Waals surface area contributed by atoms with Gasteiger partial charge in [-0.25, -0.2) is 4.98 Å². The SMILES string of the molecule is O=C(C=Cc1cccc(OC(F)(F)F)c1)N1CCOC(COn2nnc3cccnc32)C1. The van der Waals surface area contributed by atoms with E-state index in [1.54, 1.807) is 29.3 Å². The first-order valence-corrected chi connectivity index (χ1v) is 9.61. The highest BCUT2D eigenvalue weighted by atomic mass is 19.4. The number of aromatic nitrogens is 4. The lowest BCUT2D eigenvalue weighted by atomic mass is 10.2. The lowest BCUT2D eigenvalue weighted by molar-refractivity contribution is -0.274. The van der Waals surface area contributed by atoms with Crippen LogP contribution in [0.25, 0.3) is 17.2 Å². The summed E-state index contributed by atoms with van der Waals surface area (Å²) >= 11 is 0. The van der Waals surface area contributed by atoms with E-state index in [1.807, 2.05) is 0 Å². The summed E-state index contributed by atoms with van der Waals surface area (Å²) in [5.74, 6) is -0.654. The standard InChI is InChI=1S/C20H18F3N5O4/c21-20(22,23)32-15-4-1-3-14(11-15)6-7-18(29)27-9-10-30-16(12-27)13-31-28-19-17(25-26-28)5-2-8-24-19/h1-8,11,16H,9-10,12-13H2. The molecule has 1 aromatic carbocycles. The summed E-state index contributed by atoms with van der Waals surface area (Å²) in [4.78, 5) is 25.1. The molecular weight excluding hydrogens is 431 g/mol. The molecule has 0 spiro atoms. The topological polar surface area (TPSA) is 91.6 Å². The summed E-state index contributed by atoms with van der Waals surface area (Å²) in [7, 11) is 0. The van der Waals surface area contributed by atoms with Crippen LogP contribution in [0, 0.1) is 0 Å². The summed E-state index contributed by atoms with van der Waals surface area (Å²) in [5, 5.41) is 7.82. The maximum atomic E-state index is 12.5. The Labute approximate surface area is 179 Å². The Balaban J connectivity index is 1.33. The maximum absolute atomic E-state index is 12.5. The van der Waals surface area contributed by atoms with Crippen molar-refractivity contribution in [2.24, 2.45) is 0 Å². The second-order valence-electron chi connectivity index (χ2n) is 6.83. The fraction of sp³-hybridized carbons (Fsp3) is 0.300. The molecule has 1 saturated heterocycles. The lowest BCUT2D eigenvalue weighted by Gasteiger charge is -2.31. The van der Waals surface area contributed by atoms with E-state index < -0.39 is 12.5 Å². The predicted molar refractivity (Wildman–Crippen MR) is 105 cm³/mol. The summed E-state index contributed by atoms with van der Waals surface area (Å²) in [6.45, 7) is 1.10. The molecule has 0 saturated carbocycles. The van der Waals surface area contributed by atoms with Gasteiger partial charge in [0.1, 0.15) is 24.0 Å². The molecule has 4 rings (SSSR count). The van der Waals surface area contributed by atoms with Gasteiger partial charge in [-0.2, -0.15) is 0 Å². The summed E-state index contributed by atoms with van der Waals surface area (Å²) in [5.41, 5.74) is 1.46. The Kier molecular flexibility index (Phi) is 6.21. The smallest absolute Gasteiger partial charge is 0.406 e. The minimum atomic E-state index is -4.78. The Morgan fingerprint density at radius 1 is 1.28 bits per heavy atom. The first kappa shape index (κ1) is 21.6. The van der Waals surface area contributed by atoms with Crippen molar-refractivity contribution >= 4 is 23.1 Å². The molecule has 0 bridgehead atoms. The van der Waals surface area contributed by atoms with Gasteiger partial charge in [0.2, 0.25) is 11.6 Å². The van der Waals surface area contributed by atoms with Gasteiger partial charge < -0.3 is 19.2 Å². The van der Waals surface area contributed by atoms with Gasteiger partial charge >= 0.3 is 6.36 Å². The minimum absolute atomic E-state index is 0.124. The number of amides is 1. The van der Waals surface area contributed by atoms with Crippen molar-refractivity contribution in [1.29, 1.82) is 0 Å². The number of hydrogen-bond acceptors (Lipinski definition) is 7. The molecule has 168 valence electrons. The fourth-order valence-electron chi connectivity index (χ4n) is 3.09. The van der Waals surface area contributed by atoms with Crippen LogP contribution in [0.3, 0.4) is 0 Å². The zero-order valence-corrected chi connectivity index (χ0v) is 16.6. The van der Waals surface area contributed by atoms with E-state index in [0.717, 1.165) is 0 Å². The average molecular weight is 449 g/mol. The Morgan fingerprint density at radius 2 is 2.16 bits per heavy atom. The van der Waals surface area contributed by atoms with Gasteiger partial charge in [-0.3, -0.25) is 4.79 Å². The molecule has 1 atom stereocenters. The second kappa shape index (κ2) is 9.22. The van der Waals surface area contributed by atoms with Crippen LogP contribution in [0.5, 0.6) is 5.75 Å². The highest BCUT2D eigenvalue weighted by molar-refractivity contribution is 5.91. The number of rotatable bonds is 6. The van der Waals surface area contributed by atoms with E-state index in [4.69, 9.17) is 9.57 Å². The molecule has 0 aliphatic carbocycles. The first-order valence-electron chi connectivity index (χ1n) is 9.61. The van der Waals surface area contributed by atoms with Crippen molar-refractivity contribution in [3.63, 3.8) is 0 Å². The molecular formula is C20H18F3N5O4. The van der Waals surface area contributed by atoms with Crippen LogP contribution >= 0.6 is 0 Å². The molecule has 9 nitrogen and oxygen atoms in total. The molecule has 1 unspecified atom stereocenters. The molecule has 1 fully saturated rings.